The maximum atomic E-state index is 12.5. The standard InChI is InChI=1S/C22H30N2O3S/c1-19-10-12-22(13-11-19)28(25,26)23-17-20-7-5-14-24(18-20)15-6-16-27-21-8-3-2-4-9-21/h2-4,8-13,20,23H,5-7,14-18H2,1H3. The van der Waals surface area contributed by atoms with Gasteiger partial charge in [-0.25, -0.2) is 13.1 Å². The van der Waals surface area contributed by atoms with Gasteiger partial charge in [-0.1, -0.05) is 35.9 Å². The number of hydrogen-bond acceptors (Lipinski definition) is 4. The molecule has 1 aliphatic rings. The molecule has 0 spiro atoms. The summed E-state index contributed by atoms with van der Waals surface area (Å²) in [5.41, 5.74) is 1.05. The summed E-state index contributed by atoms with van der Waals surface area (Å²) in [4.78, 5) is 2.76. The Morgan fingerprint density at radius 3 is 2.61 bits per heavy atom. The molecular weight excluding hydrogens is 372 g/mol. The molecule has 0 bridgehead atoms. The van der Waals surface area contributed by atoms with Crippen LogP contribution in [0.5, 0.6) is 5.75 Å². The van der Waals surface area contributed by atoms with E-state index < -0.39 is 10.0 Å². The Kier molecular flexibility index (Phi) is 7.48. The highest BCUT2D eigenvalue weighted by atomic mass is 32.2. The second-order valence-corrected chi connectivity index (χ2v) is 9.26. The number of sulfonamides is 1. The average molecular weight is 403 g/mol. The molecule has 1 saturated heterocycles. The van der Waals surface area contributed by atoms with E-state index in [9.17, 15) is 8.42 Å². The highest BCUT2D eigenvalue weighted by molar-refractivity contribution is 7.89. The van der Waals surface area contributed by atoms with Crippen LogP contribution in [0.1, 0.15) is 24.8 Å². The lowest BCUT2D eigenvalue weighted by Crippen LogP contribution is -2.41. The Labute approximate surface area is 168 Å². The summed E-state index contributed by atoms with van der Waals surface area (Å²) >= 11 is 0. The number of rotatable bonds is 9. The van der Waals surface area contributed by atoms with Crippen LogP contribution in [0.25, 0.3) is 0 Å². The minimum atomic E-state index is -3.43. The maximum Gasteiger partial charge on any atom is 0.240 e. The molecule has 0 aliphatic carbocycles. The van der Waals surface area contributed by atoms with Crippen molar-refractivity contribution in [3.8, 4) is 5.75 Å². The van der Waals surface area contributed by atoms with Crippen molar-refractivity contribution >= 4 is 10.0 Å². The van der Waals surface area contributed by atoms with Gasteiger partial charge in [0.15, 0.2) is 0 Å². The molecule has 28 heavy (non-hydrogen) atoms. The number of benzene rings is 2. The predicted molar refractivity (Wildman–Crippen MR) is 112 cm³/mol. The number of nitrogens with one attached hydrogen (secondary N) is 1. The Balaban J connectivity index is 1.40. The minimum Gasteiger partial charge on any atom is -0.494 e. The van der Waals surface area contributed by atoms with Crippen LogP contribution in [0.2, 0.25) is 0 Å². The van der Waals surface area contributed by atoms with Gasteiger partial charge >= 0.3 is 0 Å². The first-order valence-electron chi connectivity index (χ1n) is 9.99. The Bertz CT molecular complexity index is 823. The maximum absolute atomic E-state index is 12.5. The summed E-state index contributed by atoms with van der Waals surface area (Å²) in [6.45, 7) is 6.13. The van der Waals surface area contributed by atoms with Crippen molar-refractivity contribution in [3.63, 3.8) is 0 Å². The van der Waals surface area contributed by atoms with Crippen LogP contribution in [-0.4, -0.2) is 46.1 Å². The largest absolute Gasteiger partial charge is 0.494 e. The Hall–Kier alpha value is -1.89. The fraction of sp³-hybridized carbons (Fsp3) is 0.455. The molecule has 6 heteroatoms. The van der Waals surface area contributed by atoms with E-state index in [1.165, 1.54) is 0 Å². The van der Waals surface area contributed by atoms with Gasteiger partial charge in [0.05, 0.1) is 11.5 Å². The van der Waals surface area contributed by atoms with Gasteiger partial charge in [-0.05, 0) is 62.9 Å². The molecule has 152 valence electrons. The van der Waals surface area contributed by atoms with Crippen LogP contribution in [-0.2, 0) is 10.0 Å². The number of aryl methyl sites for hydroxylation is 1. The van der Waals surface area contributed by atoms with Crippen LogP contribution < -0.4 is 9.46 Å². The highest BCUT2D eigenvalue weighted by Crippen LogP contribution is 2.18. The molecule has 0 radical (unpaired) electrons. The normalized spacial score (nSPS) is 18.1. The van der Waals surface area contributed by atoms with E-state index in [0.717, 1.165) is 50.2 Å². The third-order valence-electron chi connectivity index (χ3n) is 5.13. The van der Waals surface area contributed by atoms with Gasteiger partial charge in [0.25, 0.3) is 0 Å². The van der Waals surface area contributed by atoms with Crippen LogP contribution in [0.15, 0.2) is 59.5 Å². The predicted octanol–water partition coefficient (Wildman–Crippen LogP) is 3.45. The van der Waals surface area contributed by atoms with Crippen LogP contribution in [0.3, 0.4) is 0 Å². The van der Waals surface area contributed by atoms with Crippen molar-refractivity contribution in [2.24, 2.45) is 5.92 Å². The molecular formula is C22H30N2O3S. The molecule has 0 aromatic heterocycles. The lowest BCUT2D eigenvalue weighted by atomic mass is 9.98. The van der Waals surface area contributed by atoms with Crippen molar-refractivity contribution in [3.05, 3.63) is 60.2 Å². The van der Waals surface area contributed by atoms with Crippen molar-refractivity contribution < 1.29 is 13.2 Å². The Morgan fingerprint density at radius 2 is 1.86 bits per heavy atom. The zero-order valence-electron chi connectivity index (χ0n) is 16.5. The lowest BCUT2D eigenvalue weighted by molar-refractivity contribution is 0.163. The third kappa shape index (κ3) is 6.33. The molecule has 0 saturated carbocycles. The molecule has 3 rings (SSSR count). The topological polar surface area (TPSA) is 58.6 Å². The van der Waals surface area contributed by atoms with Crippen molar-refractivity contribution in [2.45, 2.75) is 31.1 Å². The van der Waals surface area contributed by atoms with Crippen molar-refractivity contribution in [2.75, 3.05) is 32.8 Å². The summed E-state index contributed by atoms with van der Waals surface area (Å²) in [6.07, 6.45) is 3.14. The monoisotopic (exact) mass is 402 g/mol. The van der Waals surface area contributed by atoms with Gasteiger partial charge in [0.1, 0.15) is 5.75 Å². The molecule has 1 heterocycles. The number of nitrogens with zero attached hydrogens (tertiary/aromatic N) is 1. The SMILES string of the molecule is Cc1ccc(S(=O)(=O)NCC2CCCN(CCCOc3ccccc3)C2)cc1. The van der Waals surface area contributed by atoms with E-state index in [1.807, 2.05) is 49.4 Å². The average Bonchev–Trinajstić information content (AvgIpc) is 2.71. The van der Waals surface area contributed by atoms with E-state index in [0.29, 0.717) is 24.0 Å². The van der Waals surface area contributed by atoms with Crippen LogP contribution >= 0.6 is 0 Å². The van der Waals surface area contributed by atoms with Crippen molar-refractivity contribution in [1.29, 1.82) is 0 Å². The fourth-order valence-corrected chi connectivity index (χ4v) is 4.66. The fourth-order valence-electron chi connectivity index (χ4n) is 3.54. The molecule has 1 aliphatic heterocycles. The van der Waals surface area contributed by atoms with Gasteiger partial charge in [-0.2, -0.15) is 0 Å². The molecule has 1 unspecified atom stereocenters. The number of hydrogen-bond donors (Lipinski definition) is 1. The molecule has 0 amide bonds. The van der Waals surface area contributed by atoms with E-state index in [-0.39, 0.29) is 0 Å². The summed E-state index contributed by atoms with van der Waals surface area (Å²) in [6, 6.07) is 16.9. The van der Waals surface area contributed by atoms with E-state index in [1.54, 1.807) is 12.1 Å². The number of ether oxygens (including phenoxy) is 1. The first-order valence-corrected chi connectivity index (χ1v) is 11.5. The van der Waals surface area contributed by atoms with E-state index >= 15 is 0 Å². The van der Waals surface area contributed by atoms with Gasteiger partial charge in [-0.3, -0.25) is 0 Å². The van der Waals surface area contributed by atoms with Gasteiger partial charge in [0, 0.05) is 19.6 Å². The van der Waals surface area contributed by atoms with Crippen molar-refractivity contribution in [1.82, 2.24) is 9.62 Å². The second kappa shape index (κ2) is 10.0. The molecule has 1 fully saturated rings. The molecule has 1 atom stereocenters. The number of para-hydroxylation sites is 1. The summed E-state index contributed by atoms with van der Waals surface area (Å²) in [5, 5.41) is 0. The Morgan fingerprint density at radius 1 is 1.11 bits per heavy atom. The third-order valence-corrected chi connectivity index (χ3v) is 6.57. The molecule has 2 aromatic rings. The lowest BCUT2D eigenvalue weighted by Gasteiger charge is -2.32. The quantitative estimate of drug-likeness (QED) is 0.653. The summed E-state index contributed by atoms with van der Waals surface area (Å²) < 4.78 is 33.5. The summed E-state index contributed by atoms with van der Waals surface area (Å²) in [5.74, 6) is 1.26. The van der Waals surface area contributed by atoms with Crippen LogP contribution in [0, 0.1) is 12.8 Å². The first-order chi connectivity index (χ1) is 13.5. The van der Waals surface area contributed by atoms with E-state index in [2.05, 4.69) is 9.62 Å². The van der Waals surface area contributed by atoms with E-state index in [4.69, 9.17) is 4.74 Å². The molecule has 1 N–H and O–H groups in total. The summed E-state index contributed by atoms with van der Waals surface area (Å²) in [7, 11) is -3.43. The van der Waals surface area contributed by atoms with Gasteiger partial charge < -0.3 is 9.64 Å². The second-order valence-electron chi connectivity index (χ2n) is 7.49. The highest BCUT2D eigenvalue weighted by Gasteiger charge is 2.22. The smallest absolute Gasteiger partial charge is 0.240 e. The zero-order chi connectivity index (χ0) is 19.8. The number of piperidine rings is 1. The molecule has 5 nitrogen and oxygen atoms in total. The first kappa shape index (κ1) is 20.8. The van der Waals surface area contributed by atoms with Crippen LogP contribution in [0.4, 0.5) is 0 Å². The minimum absolute atomic E-state index is 0.337. The van der Waals surface area contributed by atoms with Gasteiger partial charge in [0.2, 0.25) is 10.0 Å². The molecule has 2 aromatic carbocycles. The zero-order valence-corrected chi connectivity index (χ0v) is 17.3. The number of likely N-dealkylation sites (tertiary alicyclic amines) is 1. The van der Waals surface area contributed by atoms with Gasteiger partial charge in [-0.15, -0.1) is 0 Å².